The molecule has 0 atom stereocenters. The Morgan fingerprint density at radius 1 is 0.583 bits per heavy atom. The highest BCUT2D eigenvalue weighted by Crippen LogP contribution is 2.48. The molecule has 0 saturated carbocycles. The average molecular weight is 496 g/mol. The van der Waals surface area contributed by atoms with Crippen molar-refractivity contribution in [3.05, 3.63) is 103 Å². The predicted molar refractivity (Wildman–Crippen MR) is 155 cm³/mol. The summed E-state index contributed by atoms with van der Waals surface area (Å²) in [4.78, 5) is 1.29. The molecule has 36 heavy (non-hydrogen) atoms. The normalized spacial score (nSPS) is 12.4. The van der Waals surface area contributed by atoms with Gasteiger partial charge in [0.2, 0.25) is 0 Å². The number of nitrogens with zero attached hydrogens (tertiary/aromatic N) is 3. The zero-order chi connectivity index (χ0) is 23.4. The predicted octanol–water partition coefficient (Wildman–Crippen LogP) is 9.17. The molecule has 5 heteroatoms. The van der Waals surface area contributed by atoms with Crippen LogP contribution in [0.1, 0.15) is 0 Å². The molecule has 0 amide bonds. The zero-order valence-electron chi connectivity index (χ0n) is 19.0. The summed E-state index contributed by atoms with van der Waals surface area (Å²) in [6, 6.07) is 35.0. The summed E-state index contributed by atoms with van der Waals surface area (Å²) in [5.74, 6) is 0. The van der Waals surface area contributed by atoms with E-state index >= 15 is 0 Å². The third kappa shape index (κ3) is 2.30. The maximum absolute atomic E-state index is 4.88. The first-order valence-electron chi connectivity index (χ1n) is 12.0. The van der Waals surface area contributed by atoms with Crippen molar-refractivity contribution in [1.82, 2.24) is 14.2 Å². The van der Waals surface area contributed by atoms with E-state index in [0.29, 0.717) is 0 Å². The molecule has 0 aliphatic carbocycles. The summed E-state index contributed by atoms with van der Waals surface area (Å²) in [6.07, 6.45) is 2.05. The van der Waals surface area contributed by atoms with Gasteiger partial charge in [0.15, 0.2) is 0 Å². The molecule has 5 aromatic heterocycles. The molecule has 0 bridgehead atoms. The number of benzene rings is 4. The Morgan fingerprint density at radius 2 is 1.33 bits per heavy atom. The highest BCUT2D eigenvalue weighted by atomic mass is 32.1. The highest BCUT2D eigenvalue weighted by Gasteiger charge is 2.23. The minimum absolute atomic E-state index is 1.01. The monoisotopic (exact) mass is 495 g/mol. The molecule has 3 nitrogen and oxygen atoms in total. The van der Waals surface area contributed by atoms with Gasteiger partial charge in [0.25, 0.3) is 0 Å². The molecule has 0 spiro atoms. The Hall–Kier alpha value is -4.19. The first-order valence-corrected chi connectivity index (χ1v) is 13.6. The van der Waals surface area contributed by atoms with Gasteiger partial charge in [0.05, 0.1) is 22.2 Å². The van der Waals surface area contributed by atoms with Gasteiger partial charge in [-0.05, 0) is 36.4 Å². The van der Waals surface area contributed by atoms with Crippen molar-refractivity contribution in [2.45, 2.75) is 0 Å². The first kappa shape index (κ1) is 19.1. The van der Waals surface area contributed by atoms with E-state index in [9.17, 15) is 0 Å². The van der Waals surface area contributed by atoms with Crippen LogP contribution in [0.15, 0.2) is 103 Å². The van der Waals surface area contributed by atoms with Gasteiger partial charge in [-0.25, -0.2) is 4.52 Å². The summed E-state index contributed by atoms with van der Waals surface area (Å²) in [5.41, 5.74) is 4.57. The second-order valence-corrected chi connectivity index (χ2v) is 11.3. The summed E-state index contributed by atoms with van der Waals surface area (Å²) in [5, 5.41) is 12.8. The Morgan fingerprint density at radius 3 is 2.22 bits per heavy atom. The molecule has 9 aromatic rings. The molecular weight excluding hydrogens is 478 g/mol. The molecule has 0 unspecified atom stereocenters. The van der Waals surface area contributed by atoms with E-state index in [1.54, 1.807) is 0 Å². The van der Waals surface area contributed by atoms with Crippen molar-refractivity contribution in [1.29, 1.82) is 0 Å². The summed E-state index contributed by atoms with van der Waals surface area (Å²) in [6.45, 7) is 0. The fourth-order valence-corrected chi connectivity index (χ4v) is 8.36. The summed E-state index contributed by atoms with van der Waals surface area (Å²) in [7, 11) is 0. The van der Waals surface area contributed by atoms with Crippen LogP contribution in [-0.2, 0) is 0 Å². The molecule has 0 aliphatic heterocycles. The molecule has 0 fully saturated rings. The number of hydrogen-bond donors (Lipinski definition) is 0. The lowest BCUT2D eigenvalue weighted by atomic mass is 10.1. The lowest BCUT2D eigenvalue weighted by Gasteiger charge is -2.09. The molecule has 0 saturated heterocycles. The van der Waals surface area contributed by atoms with E-state index in [-0.39, 0.29) is 0 Å². The van der Waals surface area contributed by atoms with Gasteiger partial charge < -0.3 is 0 Å². The maximum Gasteiger partial charge on any atom is 0.109 e. The van der Waals surface area contributed by atoms with E-state index in [2.05, 4.69) is 108 Å². The van der Waals surface area contributed by atoms with Gasteiger partial charge >= 0.3 is 0 Å². The van der Waals surface area contributed by atoms with E-state index in [1.807, 2.05) is 27.2 Å². The van der Waals surface area contributed by atoms with Crippen molar-refractivity contribution < 1.29 is 0 Å². The fraction of sp³-hybridized carbons (Fsp3) is 0. The van der Waals surface area contributed by atoms with E-state index in [0.717, 1.165) is 11.0 Å². The number of aromatic nitrogens is 3. The smallest absolute Gasteiger partial charge is 0.109 e. The van der Waals surface area contributed by atoms with Crippen LogP contribution >= 0.6 is 22.7 Å². The standard InChI is InChI=1S/C31H17N3S2/c1-4-11-22-20(9-1)29-24(12-7-17-33(29)32-22)34-23-16-15-19-18-8-2-5-13-25(18)35-30(19)28(23)27-21-10-3-6-14-26(21)36-31(27)34/h1-17H. The molecular formula is C31H17N3S2. The summed E-state index contributed by atoms with van der Waals surface area (Å²) < 4.78 is 8.53. The fourth-order valence-electron chi connectivity index (χ4n) is 5.88. The van der Waals surface area contributed by atoms with Crippen LogP contribution in [0.25, 0.3) is 73.5 Å². The highest BCUT2D eigenvalue weighted by molar-refractivity contribution is 7.28. The van der Waals surface area contributed by atoms with Gasteiger partial charge in [-0.15, -0.1) is 22.7 Å². The van der Waals surface area contributed by atoms with Crippen LogP contribution in [0.3, 0.4) is 0 Å². The van der Waals surface area contributed by atoms with E-state index < -0.39 is 0 Å². The third-order valence-electron chi connectivity index (χ3n) is 7.36. The lowest BCUT2D eigenvalue weighted by molar-refractivity contribution is 0.972. The Bertz CT molecular complexity index is 2330. The lowest BCUT2D eigenvalue weighted by Crippen LogP contribution is -1.97. The molecule has 0 N–H and O–H groups in total. The molecule has 4 aromatic carbocycles. The maximum atomic E-state index is 4.88. The second kappa shape index (κ2) is 6.72. The largest absolute Gasteiger partial charge is 0.298 e. The Kier molecular flexibility index (Phi) is 3.56. The van der Waals surface area contributed by atoms with Crippen LogP contribution in [0.2, 0.25) is 0 Å². The number of rotatable bonds is 1. The number of pyridine rings is 1. The third-order valence-corrected chi connectivity index (χ3v) is 9.72. The molecule has 168 valence electrons. The molecule has 0 radical (unpaired) electrons. The Balaban J connectivity index is 1.56. The van der Waals surface area contributed by atoms with Crippen molar-refractivity contribution in [3.8, 4) is 5.69 Å². The van der Waals surface area contributed by atoms with Gasteiger partial charge in [-0.2, -0.15) is 5.10 Å². The number of fused-ring (bicyclic) bond motifs is 12. The first-order chi connectivity index (χ1) is 17.9. The van der Waals surface area contributed by atoms with Crippen LogP contribution in [0, 0.1) is 0 Å². The van der Waals surface area contributed by atoms with Crippen LogP contribution in [-0.4, -0.2) is 14.2 Å². The average Bonchev–Trinajstić information content (AvgIpc) is 3.65. The summed E-state index contributed by atoms with van der Waals surface area (Å²) >= 11 is 3.79. The van der Waals surface area contributed by atoms with Crippen LogP contribution in [0.4, 0.5) is 0 Å². The molecule has 0 aliphatic rings. The van der Waals surface area contributed by atoms with Gasteiger partial charge in [-0.3, -0.25) is 4.57 Å². The van der Waals surface area contributed by atoms with Gasteiger partial charge in [0.1, 0.15) is 4.83 Å². The topological polar surface area (TPSA) is 22.2 Å². The zero-order valence-corrected chi connectivity index (χ0v) is 20.6. The van der Waals surface area contributed by atoms with E-state index in [4.69, 9.17) is 5.10 Å². The minimum Gasteiger partial charge on any atom is -0.298 e. The second-order valence-electron chi connectivity index (χ2n) is 9.25. The molecule has 5 heterocycles. The van der Waals surface area contributed by atoms with Crippen molar-refractivity contribution in [2.24, 2.45) is 0 Å². The van der Waals surface area contributed by atoms with Crippen LogP contribution < -0.4 is 0 Å². The Labute approximate surface area is 213 Å². The quantitative estimate of drug-likeness (QED) is 0.222. The number of thiophene rings is 2. The van der Waals surface area contributed by atoms with Gasteiger partial charge in [-0.1, -0.05) is 60.7 Å². The number of hydrogen-bond acceptors (Lipinski definition) is 3. The van der Waals surface area contributed by atoms with E-state index in [1.165, 1.54) is 62.5 Å². The molecule has 9 rings (SSSR count). The van der Waals surface area contributed by atoms with Crippen LogP contribution in [0.5, 0.6) is 0 Å². The van der Waals surface area contributed by atoms with Gasteiger partial charge in [0, 0.05) is 52.6 Å². The SMILES string of the molecule is c1ccc2c(c1)nn1cccc(-n3c4ccc5c6ccccc6sc5c4c4c5ccccc5sc43)c21. The minimum atomic E-state index is 1.01. The van der Waals surface area contributed by atoms with Crippen molar-refractivity contribution >= 4 is 90.5 Å². The van der Waals surface area contributed by atoms with Crippen molar-refractivity contribution in [3.63, 3.8) is 0 Å². The van der Waals surface area contributed by atoms with Crippen molar-refractivity contribution in [2.75, 3.05) is 0 Å².